The molecule has 2 saturated heterocycles. The summed E-state index contributed by atoms with van der Waals surface area (Å²) in [6, 6.07) is 4.56. The lowest BCUT2D eigenvalue weighted by atomic mass is 10.1. The average Bonchev–Trinajstić information content (AvgIpc) is 3.04. The number of piperazine rings is 1. The van der Waals surface area contributed by atoms with Crippen LogP contribution in [-0.2, 0) is 16.9 Å². The Kier molecular flexibility index (Phi) is 3.46. The second-order valence-corrected chi connectivity index (χ2v) is 8.34. The predicted octanol–water partition coefficient (Wildman–Crippen LogP) is -0.429. The van der Waals surface area contributed by atoms with Gasteiger partial charge in [0.05, 0.1) is 23.2 Å². The number of sulfone groups is 1. The van der Waals surface area contributed by atoms with Crippen LogP contribution < -0.4 is 10.6 Å². The summed E-state index contributed by atoms with van der Waals surface area (Å²) in [4.78, 5) is 15.8. The van der Waals surface area contributed by atoms with Crippen LogP contribution in [0.4, 0.5) is 10.5 Å². The molecule has 0 bridgehead atoms. The summed E-state index contributed by atoms with van der Waals surface area (Å²) in [5.41, 5.74) is 1.87. The standard InChI is InChI=1S/C14H18N6O3S/c1-19-17-10-4-2-3-9(13(10)18-19)16-14(21)20-6-5-15-11-7-24(22,23)8-12(11)20/h2-4,11-12,15H,5-8H2,1H3,(H,16,21)/t11-,12+/m0/s1. The van der Waals surface area contributed by atoms with Crippen molar-refractivity contribution >= 4 is 32.6 Å². The Morgan fingerprint density at radius 3 is 3.00 bits per heavy atom. The third-order valence-corrected chi connectivity index (χ3v) is 6.21. The van der Waals surface area contributed by atoms with E-state index in [1.54, 1.807) is 24.1 Å². The minimum absolute atomic E-state index is 0.00737. The van der Waals surface area contributed by atoms with Gasteiger partial charge in [0.15, 0.2) is 9.84 Å². The fourth-order valence-corrected chi connectivity index (χ4v) is 5.40. The lowest BCUT2D eigenvalue weighted by molar-refractivity contribution is 0.163. The van der Waals surface area contributed by atoms with E-state index >= 15 is 0 Å². The molecule has 0 radical (unpaired) electrons. The third kappa shape index (κ3) is 2.61. The largest absolute Gasteiger partial charge is 0.322 e. The topological polar surface area (TPSA) is 109 Å². The molecule has 0 unspecified atom stereocenters. The second-order valence-electron chi connectivity index (χ2n) is 6.19. The molecule has 1 aromatic carbocycles. The number of hydrogen-bond acceptors (Lipinski definition) is 6. The zero-order valence-electron chi connectivity index (χ0n) is 13.1. The van der Waals surface area contributed by atoms with Gasteiger partial charge in [0.25, 0.3) is 0 Å². The fourth-order valence-electron chi connectivity index (χ4n) is 3.45. The number of nitrogens with one attached hydrogen (secondary N) is 2. The Bertz CT molecular complexity index is 908. The molecule has 3 heterocycles. The number of benzene rings is 1. The first-order chi connectivity index (χ1) is 11.4. The molecule has 0 saturated carbocycles. The van der Waals surface area contributed by atoms with E-state index < -0.39 is 9.84 Å². The van der Waals surface area contributed by atoms with E-state index in [1.165, 1.54) is 4.80 Å². The van der Waals surface area contributed by atoms with Crippen LogP contribution in [0.25, 0.3) is 11.0 Å². The van der Waals surface area contributed by atoms with Gasteiger partial charge < -0.3 is 15.5 Å². The molecule has 2 atom stereocenters. The van der Waals surface area contributed by atoms with Crippen LogP contribution >= 0.6 is 0 Å². The molecule has 0 spiro atoms. The highest BCUT2D eigenvalue weighted by Gasteiger charge is 2.44. The molecule has 9 nitrogen and oxygen atoms in total. The van der Waals surface area contributed by atoms with E-state index in [1.807, 2.05) is 6.07 Å². The number of carbonyl (C=O) groups is 1. The molecule has 2 aromatic rings. The molecule has 128 valence electrons. The highest BCUT2D eigenvalue weighted by Crippen LogP contribution is 2.24. The summed E-state index contributed by atoms with van der Waals surface area (Å²) in [7, 11) is -1.39. The van der Waals surface area contributed by atoms with Gasteiger partial charge in [-0.05, 0) is 12.1 Å². The molecule has 0 aliphatic carbocycles. The maximum absolute atomic E-state index is 12.7. The lowest BCUT2D eigenvalue weighted by Gasteiger charge is -2.37. The van der Waals surface area contributed by atoms with Crippen LogP contribution in [0.1, 0.15) is 0 Å². The first kappa shape index (κ1) is 15.3. The summed E-state index contributed by atoms with van der Waals surface area (Å²) < 4.78 is 23.8. The van der Waals surface area contributed by atoms with Gasteiger partial charge in [-0.2, -0.15) is 15.0 Å². The van der Waals surface area contributed by atoms with E-state index in [9.17, 15) is 13.2 Å². The van der Waals surface area contributed by atoms with Gasteiger partial charge in [0.1, 0.15) is 11.0 Å². The number of hydrogen-bond donors (Lipinski definition) is 2. The van der Waals surface area contributed by atoms with Gasteiger partial charge in [-0.25, -0.2) is 13.2 Å². The van der Waals surface area contributed by atoms with E-state index in [-0.39, 0.29) is 29.6 Å². The maximum Gasteiger partial charge on any atom is 0.322 e. The monoisotopic (exact) mass is 350 g/mol. The Morgan fingerprint density at radius 1 is 1.33 bits per heavy atom. The summed E-state index contributed by atoms with van der Waals surface area (Å²) in [5.74, 6) is 0.0919. The Morgan fingerprint density at radius 2 is 2.17 bits per heavy atom. The molecule has 2 aliphatic heterocycles. The van der Waals surface area contributed by atoms with Gasteiger partial charge in [-0.3, -0.25) is 0 Å². The molecule has 2 aliphatic rings. The molecule has 2 N–H and O–H groups in total. The molecule has 24 heavy (non-hydrogen) atoms. The highest BCUT2D eigenvalue weighted by molar-refractivity contribution is 7.91. The van der Waals surface area contributed by atoms with Gasteiger partial charge >= 0.3 is 6.03 Å². The summed E-state index contributed by atoms with van der Waals surface area (Å²) in [6.45, 7) is 1.05. The lowest BCUT2D eigenvalue weighted by Crippen LogP contribution is -2.59. The number of amides is 2. The van der Waals surface area contributed by atoms with Gasteiger partial charge in [-0.15, -0.1) is 0 Å². The number of rotatable bonds is 1. The average molecular weight is 350 g/mol. The van der Waals surface area contributed by atoms with Gasteiger partial charge in [0.2, 0.25) is 0 Å². The van der Waals surface area contributed by atoms with Crippen molar-refractivity contribution < 1.29 is 13.2 Å². The van der Waals surface area contributed by atoms with Crippen LogP contribution in [0, 0.1) is 0 Å². The Labute approximate surface area is 138 Å². The molecule has 10 heteroatoms. The van der Waals surface area contributed by atoms with Crippen molar-refractivity contribution in [2.45, 2.75) is 12.1 Å². The Balaban J connectivity index is 1.59. The quantitative estimate of drug-likeness (QED) is 0.722. The van der Waals surface area contributed by atoms with Crippen LogP contribution in [0.5, 0.6) is 0 Å². The van der Waals surface area contributed by atoms with Crippen LogP contribution in [-0.4, -0.2) is 71.0 Å². The molecule has 4 rings (SSSR count). The van der Waals surface area contributed by atoms with Crippen LogP contribution in [0.15, 0.2) is 18.2 Å². The van der Waals surface area contributed by atoms with E-state index in [4.69, 9.17) is 0 Å². The molecule has 2 amide bonds. The number of aromatic nitrogens is 3. The van der Waals surface area contributed by atoms with Crippen molar-refractivity contribution in [3.8, 4) is 0 Å². The minimum atomic E-state index is -3.11. The van der Waals surface area contributed by atoms with Gasteiger partial charge in [0, 0.05) is 26.2 Å². The normalized spacial score (nSPS) is 25.6. The molecular weight excluding hydrogens is 332 g/mol. The number of nitrogens with zero attached hydrogens (tertiary/aromatic N) is 4. The van der Waals surface area contributed by atoms with Crippen molar-refractivity contribution in [2.24, 2.45) is 7.05 Å². The number of urea groups is 1. The SMILES string of the molecule is Cn1nc2cccc(NC(=O)N3CCN[C@H]4CS(=O)(=O)C[C@H]43)c2n1. The minimum Gasteiger partial charge on any atom is -0.318 e. The molecular formula is C14H18N6O3S. The highest BCUT2D eigenvalue weighted by atomic mass is 32.2. The van der Waals surface area contributed by atoms with E-state index in [0.717, 1.165) is 0 Å². The summed E-state index contributed by atoms with van der Waals surface area (Å²) in [5, 5.41) is 14.5. The number of fused-ring (bicyclic) bond motifs is 2. The number of carbonyl (C=O) groups excluding carboxylic acids is 1. The second kappa shape index (κ2) is 5.42. The first-order valence-corrected chi connectivity index (χ1v) is 9.56. The van der Waals surface area contributed by atoms with Crippen molar-refractivity contribution in [3.05, 3.63) is 18.2 Å². The zero-order valence-corrected chi connectivity index (χ0v) is 14.0. The third-order valence-electron chi connectivity index (χ3n) is 4.50. The van der Waals surface area contributed by atoms with Gasteiger partial charge in [-0.1, -0.05) is 6.07 Å². The van der Waals surface area contributed by atoms with E-state index in [0.29, 0.717) is 29.8 Å². The zero-order chi connectivity index (χ0) is 16.9. The van der Waals surface area contributed by atoms with Crippen molar-refractivity contribution in [1.82, 2.24) is 25.2 Å². The van der Waals surface area contributed by atoms with Crippen molar-refractivity contribution in [3.63, 3.8) is 0 Å². The summed E-state index contributed by atoms with van der Waals surface area (Å²) >= 11 is 0. The first-order valence-electron chi connectivity index (χ1n) is 7.74. The Hall–Kier alpha value is -2.20. The fraction of sp³-hybridized carbons (Fsp3) is 0.500. The van der Waals surface area contributed by atoms with Crippen molar-refractivity contribution in [1.29, 1.82) is 0 Å². The molecule has 2 fully saturated rings. The number of aryl methyl sites for hydroxylation is 1. The molecule has 1 aromatic heterocycles. The smallest absolute Gasteiger partial charge is 0.318 e. The van der Waals surface area contributed by atoms with Crippen molar-refractivity contribution in [2.75, 3.05) is 29.9 Å². The predicted molar refractivity (Wildman–Crippen MR) is 88.5 cm³/mol. The maximum atomic E-state index is 12.7. The number of anilines is 1. The van der Waals surface area contributed by atoms with E-state index in [2.05, 4.69) is 20.8 Å². The van der Waals surface area contributed by atoms with Crippen LogP contribution in [0.3, 0.4) is 0 Å². The van der Waals surface area contributed by atoms with Crippen LogP contribution in [0.2, 0.25) is 0 Å². The summed E-state index contributed by atoms with van der Waals surface area (Å²) in [6.07, 6.45) is 0.